The normalized spacial score (nSPS) is 16.2. The van der Waals surface area contributed by atoms with E-state index in [1.54, 1.807) is 31.4 Å². The van der Waals surface area contributed by atoms with Crippen LogP contribution in [0, 0.1) is 0 Å². The molecule has 160 valence electrons. The van der Waals surface area contributed by atoms with E-state index in [-0.39, 0.29) is 11.9 Å². The summed E-state index contributed by atoms with van der Waals surface area (Å²) in [7, 11) is 1.62. The molecule has 1 fully saturated rings. The quantitative estimate of drug-likeness (QED) is 0.592. The molecule has 4 rings (SSSR count). The van der Waals surface area contributed by atoms with Crippen molar-refractivity contribution < 1.29 is 14.3 Å². The third-order valence-corrected chi connectivity index (χ3v) is 5.46. The minimum atomic E-state index is 0.00929. The van der Waals surface area contributed by atoms with Crippen LogP contribution in [0.3, 0.4) is 0 Å². The molecule has 0 bridgehead atoms. The Kier molecular flexibility index (Phi) is 6.23. The molecule has 0 aliphatic carbocycles. The molecule has 0 spiro atoms. The van der Waals surface area contributed by atoms with E-state index in [0.717, 1.165) is 11.6 Å². The largest absolute Gasteiger partial charge is 0.497 e. The summed E-state index contributed by atoms with van der Waals surface area (Å²) < 4.78 is 11.0. The zero-order chi connectivity index (χ0) is 21.8. The van der Waals surface area contributed by atoms with Gasteiger partial charge in [0.25, 0.3) is 5.91 Å². The van der Waals surface area contributed by atoms with Crippen LogP contribution in [0.2, 0.25) is 5.02 Å². The van der Waals surface area contributed by atoms with Gasteiger partial charge in [0.1, 0.15) is 23.6 Å². The molecular weight excluding hydrogens is 416 g/mol. The number of methoxy groups -OCH3 is 1. The van der Waals surface area contributed by atoms with Gasteiger partial charge in [0.15, 0.2) is 0 Å². The van der Waals surface area contributed by atoms with E-state index < -0.39 is 0 Å². The monoisotopic (exact) mass is 438 g/mol. The van der Waals surface area contributed by atoms with Crippen molar-refractivity contribution in [1.82, 2.24) is 14.9 Å². The maximum atomic E-state index is 12.9. The molecule has 2 heterocycles. The van der Waals surface area contributed by atoms with E-state index >= 15 is 0 Å². The molecule has 1 aliphatic rings. The maximum Gasteiger partial charge on any atom is 0.254 e. The van der Waals surface area contributed by atoms with Crippen LogP contribution in [0.5, 0.6) is 17.4 Å². The molecule has 8 heteroatoms. The average molecular weight is 439 g/mol. The molecule has 1 aromatic heterocycles. The number of anilines is 1. The fourth-order valence-corrected chi connectivity index (χ4v) is 3.67. The van der Waals surface area contributed by atoms with Crippen molar-refractivity contribution in [2.45, 2.75) is 13.0 Å². The SMILES string of the molecule is COc1ccc(Oc2cc(N3CCN(C(=O)c4ccc(Cl)cc4)C(C)C3)ncn2)cc1. The van der Waals surface area contributed by atoms with E-state index in [4.69, 9.17) is 21.1 Å². The molecule has 7 nitrogen and oxygen atoms in total. The van der Waals surface area contributed by atoms with Crippen molar-refractivity contribution >= 4 is 23.3 Å². The third kappa shape index (κ3) is 4.88. The van der Waals surface area contributed by atoms with E-state index in [2.05, 4.69) is 14.9 Å². The Morgan fingerprint density at radius 3 is 2.42 bits per heavy atom. The van der Waals surface area contributed by atoms with E-state index in [0.29, 0.717) is 41.8 Å². The number of piperazine rings is 1. The lowest BCUT2D eigenvalue weighted by Crippen LogP contribution is -2.54. The average Bonchev–Trinajstić information content (AvgIpc) is 2.80. The number of carbonyl (C=O) groups excluding carboxylic acids is 1. The van der Waals surface area contributed by atoms with Gasteiger partial charge in [0, 0.05) is 42.3 Å². The zero-order valence-electron chi connectivity index (χ0n) is 17.4. The fourth-order valence-electron chi connectivity index (χ4n) is 3.55. The van der Waals surface area contributed by atoms with Gasteiger partial charge in [0.2, 0.25) is 5.88 Å². The smallest absolute Gasteiger partial charge is 0.254 e. The van der Waals surface area contributed by atoms with E-state index in [1.165, 1.54) is 6.33 Å². The van der Waals surface area contributed by atoms with Gasteiger partial charge in [-0.1, -0.05) is 11.6 Å². The van der Waals surface area contributed by atoms with Crippen LogP contribution in [0.25, 0.3) is 0 Å². The first-order valence-electron chi connectivity index (χ1n) is 9.99. The molecular formula is C23H23ClN4O3. The van der Waals surface area contributed by atoms with Gasteiger partial charge in [-0.15, -0.1) is 0 Å². The summed E-state index contributed by atoms with van der Waals surface area (Å²) in [6.45, 7) is 3.97. The Morgan fingerprint density at radius 2 is 1.74 bits per heavy atom. The van der Waals surface area contributed by atoms with Crippen molar-refractivity contribution in [2.75, 3.05) is 31.6 Å². The minimum Gasteiger partial charge on any atom is -0.497 e. The van der Waals surface area contributed by atoms with Crippen LogP contribution < -0.4 is 14.4 Å². The van der Waals surface area contributed by atoms with Crippen molar-refractivity contribution in [3.8, 4) is 17.4 Å². The first kappa shape index (κ1) is 20.9. The van der Waals surface area contributed by atoms with Crippen molar-refractivity contribution in [1.29, 1.82) is 0 Å². The highest BCUT2D eigenvalue weighted by Gasteiger charge is 2.29. The number of nitrogens with zero attached hydrogens (tertiary/aromatic N) is 4. The molecule has 2 aromatic carbocycles. The van der Waals surface area contributed by atoms with Gasteiger partial charge in [-0.2, -0.15) is 0 Å². The number of rotatable bonds is 5. The number of ether oxygens (including phenoxy) is 2. The lowest BCUT2D eigenvalue weighted by molar-refractivity contribution is 0.0673. The molecule has 31 heavy (non-hydrogen) atoms. The predicted molar refractivity (Wildman–Crippen MR) is 119 cm³/mol. The van der Waals surface area contributed by atoms with Crippen LogP contribution in [0.1, 0.15) is 17.3 Å². The van der Waals surface area contributed by atoms with Crippen molar-refractivity contribution in [3.63, 3.8) is 0 Å². The molecule has 0 radical (unpaired) electrons. The Balaban J connectivity index is 1.42. The van der Waals surface area contributed by atoms with E-state index in [9.17, 15) is 4.79 Å². The van der Waals surface area contributed by atoms with Gasteiger partial charge in [-0.3, -0.25) is 4.79 Å². The molecule has 1 saturated heterocycles. The number of carbonyl (C=O) groups is 1. The second kappa shape index (κ2) is 9.22. The summed E-state index contributed by atoms with van der Waals surface area (Å²) in [6, 6.07) is 16.1. The summed E-state index contributed by atoms with van der Waals surface area (Å²) in [4.78, 5) is 25.5. The van der Waals surface area contributed by atoms with Crippen LogP contribution in [0.15, 0.2) is 60.9 Å². The van der Waals surface area contributed by atoms with Crippen molar-refractivity contribution in [3.05, 3.63) is 71.5 Å². The number of benzene rings is 2. The minimum absolute atomic E-state index is 0.00929. The highest BCUT2D eigenvalue weighted by molar-refractivity contribution is 6.30. The second-order valence-electron chi connectivity index (χ2n) is 7.29. The first-order chi connectivity index (χ1) is 15.0. The Bertz CT molecular complexity index is 1040. The number of hydrogen-bond acceptors (Lipinski definition) is 6. The molecule has 1 atom stereocenters. The summed E-state index contributed by atoms with van der Waals surface area (Å²) in [5, 5.41) is 0.617. The van der Waals surface area contributed by atoms with Crippen LogP contribution >= 0.6 is 11.6 Å². The molecule has 0 saturated carbocycles. The Morgan fingerprint density at radius 1 is 1.03 bits per heavy atom. The van der Waals surface area contributed by atoms with Gasteiger partial charge >= 0.3 is 0 Å². The summed E-state index contributed by atoms with van der Waals surface area (Å²) >= 11 is 5.94. The molecule has 1 aliphatic heterocycles. The molecule has 1 unspecified atom stereocenters. The number of halogens is 1. The predicted octanol–water partition coefficient (Wildman–Crippen LogP) is 4.28. The summed E-state index contributed by atoms with van der Waals surface area (Å²) in [6.07, 6.45) is 1.49. The topological polar surface area (TPSA) is 67.8 Å². The summed E-state index contributed by atoms with van der Waals surface area (Å²) in [5.74, 6) is 2.66. The molecule has 0 N–H and O–H groups in total. The zero-order valence-corrected chi connectivity index (χ0v) is 18.1. The van der Waals surface area contributed by atoms with Crippen molar-refractivity contribution in [2.24, 2.45) is 0 Å². The van der Waals surface area contributed by atoms with Crippen LogP contribution in [0.4, 0.5) is 5.82 Å². The lowest BCUT2D eigenvalue weighted by Gasteiger charge is -2.40. The van der Waals surface area contributed by atoms with Crippen LogP contribution in [-0.4, -0.2) is 53.6 Å². The number of hydrogen-bond donors (Lipinski definition) is 0. The maximum absolute atomic E-state index is 12.9. The van der Waals surface area contributed by atoms with Gasteiger partial charge in [-0.25, -0.2) is 9.97 Å². The Labute approximate surface area is 186 Å². The number of amides is 1. The van der Waals surface area contributed by atoms with Crippen LogP contribution in [-0.2, 0) is 0 Å². The van der Waals surface area contributed by atoms with Gasteiger partial charge in [-0.05, 0) is 55.5 Å². The molecule has 3 aromatic rings. The van der Waals surface area contributed by atoms with Gasteiger partial charge < -0.3 is 19.3 Å². The number of aromatic nitrogens is 2. The lowest BCUT2D eigenvalue weighted by atomic mass is 10.1. The Hall–Kier alpha value is -3.32. The second-order valence-corrected chi connectivity index (χ2v) is 7.73. The van der Waals surface area contributed by atoms with E-state index in [1.807, 2.05) is 42.2 Å². The standard InChI is InChI=1S/C23H23ClN4O3/c1-16-14-27(11-12-28(16)23(29)17-3-5-18(24)6-4-17)21-13-22(26-15-25-21)31-20-9-7-19(30-2)8-10-20/h3-10,13,15-16H,11-12,14H2,1-2H3. The van der Waals surface area contributed by atoms with Gasteiger partial charge in [0.05, 0.1) is 7.11 Å². The summed E-state index contributed by atoms with van der Waals surface area (Å²) in [5.41, 5.74) is 0.641. The fraction of sp³-hybridized carbons (Fsp3) is 0.261. The molecule has 1 amide bonds. The highest BCUT2D eigenvalue weighted by Crippen LogP contribution is 2.26. The highest BCUT2D eigenvalue weighted by atomic mass is 35.5. The first-order valence-corrected chi connectivity index (χ1v) is 10.4. The third-order valence-electron chi connectivity index (χ3n) is 5.21.